The van der Waals surface area contributed by atoms with Crippen LogP contribution >= 0.6 is 40.7 Å². The van der Waals surface area contributed by atoms with Gasteiger partial charge in [0.2, 0.25) is 0 Å². The number of halogens is 7. The van der Waals surface area contributed by atoms with Crippen molar-refractivity contribution >= 4 is 40.7 Å². The molecule has 1 aromatic heterocycles. The number of hydrogen-bond acceptors (Lipinski definition) is 3. The molecular formula is C14H13BrCl2F4N2O. The fourth-order valence-corrected chi connectivity index (χ4v) is 1.96. The Morgan fingerprint density at radius 3 is 2.38 bits per heavy atom. The first-order valence-corrected chi connectivity index (χ1v) is 6.93. The molecule has 0 aliphatic carbocycles. The van der Waals surface area contributed by atoms with Crippen molar-refractivity contribution in [3.8, 4) is 5.75 Å². The van der Waals surface area contributed by atoms with Crippen LogP contribution in [-0.4, -0.2) is 11.6 Å². The third kappa shape index (κ3) is 6.08. The van der Waals surface area contributed by atoms with Gasteiger partial charge in [-0.1, -0.05) is 6.07 Å². The number of nitrogens with two attached hydrogens (primary N) is 1. The van der Waals surface area contributed by atoms with Crippen molar-refractivity contribution in [2.45, 2.75) is 12.2 Å². The summed E-state index contributed by atoms with van der Waals surface area (Å²) in [6, 6.07) is 5.11. The molecule has 0 saturated heterocycles. The van der Waals surface area contributed by atoms with Crippen molar-refractivity contribution < 1.29 is 22.3 Å². The largest absolute Gasteiger partial charge is 0.490 e. The van der Waals surface area contributed by atoms with Gasteiger partial charge >= 0.3 is 6.18 Å². The predicted octanol–water partition coefficient (Wildman–Crippen LogP) is 4.92. The van der Waals surface area contributed by atoms with E-state index in [4.69, 9.17) is 10.5 Å². The van der Waals surface area contributed by atoms with Crippen molar-refractivity contribution in [3.63, 3.8) is 0 Å². The van der Waals surface area contributed by atoms with Gasteiger partial charge in [0, 0.05) is 0 Å². The Bertz CT molecular complexity index is 656. The van der Waals surface area contributed by atoms with E-state index in [1.807, 2.05) is 0 Å². The van der Waals surface area contributed by atoms with Crippen LogP contribution in [0.2, 0.25) is 0 Å². The van der Waals surface area contributed by atoms with Crippen LogP contribution in [0.4, 0.5) is 17.6 Å². The summed E-state index contributed by atoms with van der Waals surface area (Å²) in [6.45, 7) is -0.0633. The summed E-state index contributed by atoms with van der Waals surface area (Å²) < 4.78 is 57.2. The molecule has 3 nitrogen and oxygen atoms in total. The van der Waals surface area contributed by atoms with Crippen molar-refractivity contribution in [1.29, 1.82) is 0 Å². The van der Waals surface area contributed by atoms with Gasteiger partial charge in [-0.05, 0) is 45.8 Å². The second-order valence-corrected chi connectivity index (χ2v) is 5.28. The lowest BCUT2D eigenvalue weighted by molar-refractivity contribution is -0.140. The van der Waals surface area contributed by atoms with Gasteiger partial charge in [0.25, 0.3) is 0 Å². The lowest BCUT2D eigenvalue weighted by Gasteiger charge is -2.16. The molecule has 0 bridgehead atoms. The van der Waals surface area contributed by atoms with Gasteiger partial charge in [0.05, 0.1) is 17.8 Å². The van der Waals surface area contributed by atoms with Gasteiger partial charge in [0.1, 0.15) is 22.8 Å². The summed E-state index contributed by atoms with van der Waals surface area (Å²) in [5, 5.41) is 0. The Labute approximate surface area is 156 Å². The molecule has 134 valence electrons. The Morgan fingerprint density at radius 2 is 1.83 bits per heavy atom. The Balaban J connectivity index is 0.00000264. The smallest absolute Gasteiger partial charge is 0.419 e. The van der Waals surface area contributed by atoms with Gasteiger partial charge in [0.15, 0.2) is 0 Å². The highest BCUT2D eigenvalue weighted by atomic mass is 79.9. The quantitative estimate of drug-likeness (QED) is 0.529. The maximum absolute atomic E-state index is 13.2. The van der Waals surface area contributed by atoms with Gasteiger partial charge in [-0.25, -0.2) is 9.37 Å². The molecule has 1 atom stereocenters. The van der Waals surface area contributed by atoms with E-state index >= 15 is 0 Å². The topological polar surface area (TPSA) is 48.1 Å². The Morgan fingerprint density at radius 1 is 1.17 bits per heavy atom. The third-order valence-electron chi connectivity index (χ3n) is 2.85. The summed E-state index contributed by atoms with van der Waals surface area (Å²) >= 11 is 3.16. The Kier molecular flexibility index (Phi) is 8.98. The van der Waals surface area contributed by atoms with Crippen molar-refractivity contribution in [2.75, 3.05) is 6.61 Å². The minimum atomic E-state index is -4.77. The van der Waals surface area contributed by atoms with E-state index in [9.17, 15) is 17.6 Å². The molecule has 10 heteroatoms. The minimum absolute atomic E-state index is 0. The number of nitrogens with zero attached hydrogens (tertiary/aromatic N) is 1. The van der Waals surface area contributed by atoms with Crippen LogP contribution < -0.4 is 10.5 Å². The van der Waals surface area contributed by atoms with Crippen LogP contribution in [0.3, 0.4) is 0 Å². The molecule has 2 rings (SSSR count). The monoisotopic (exact) mass is 450 g/mol. The number of benzene rings is 1. The second-order valence-electron chi connectivity index (χ2n) is 4.47. The SMILES string of the molecule is Cl.Cl.NC(COc1ccc(Br)nc1)c1ccc(F)c(C(F)(F)F)c1. The molecule has 1 heterocycles. The summed E-state index contributed by atoms with van der Waals surface area (Å²) in [4.78, 5) is 3.94. The number of ether oxygens (including phenoxy) is 1. The number of rotatable bonds is 4. The molecule has 0 radical (unpaired) electrons. The number of aromatic nitrogens is 1. The molecule has 2 N–H and O–H groups in total. The standard InChI is InChI=1S/C14H11BrF4N2O.2ClH/c15-13-4-2-9(6-21-13)22-7-12(20)8-1-3-11(16)10(5-8)14(17,18)19;;/h1-6,12H,7,20H2;2*1H. The average Bonchev–Trinajstić information content (AvgIpc) is 2.45. The highest BCUT2D eigenvalue weighted by Crippen LogP contribution is 2.32. The summed E-state index contributed by atoms with van der Waals surface area (Å²) in [5.74, 6) is -0.904. The van der Waals surface area contributed by atoms with Crippen LogP contribution in [0.15, 0.2) is 41.1 Å². The first kappa shape index (κ1) is 22.9. The maximum atomic E-state index is 13.2. The molecule has 0 saturated carbocycles. The lowest BCUT2D eigenvalue weighted by atomic mass is 10.0. The van der Waals surface area contributed by atoms with E-state index < -0.39 is 23.6 Å². The summed E-state index contributed by atoms with van der Waals surface area (Å²) in [6.07, 6.45) is -3.32. The highest BCUT2D eigenvalue weighted by Gasteiger charge is 2.34. The van der Waals surface area contributed by atoms with E-state index in [1.165, 1.54) is 12.3 Å². The number of pyridine rings is 1. The molecule has 0 spiro atoms. The normalized spacial score (nSPS) is 11.9. The summed E-state index contributed by atoms with van der Waals surface area (Å²) in [5.41, 5.74) is 4.59. The molecule has 1 unspecified atom stereocenters. The maximum Gasteiger partial charge on any atom is 0.419 e. The molecule has 24 heavy (non-hydrogen) atoms. The predicted molar refractivity (Wildman–Crippen MR) is 90.3 cm³/mol. The molecule has 0 fully saturated rings. The zero-order chi connectivity index (χ0) is 16.3. The fourth-order valence-electron chi connectivity index (χ4n) is 1.72. The van der Waals surface area contributed by atoms with E-state index in [2.05, 4.69) is 20.9 Å². The van der Waals surface area contributed by atoms with E-state index in [1.54, 1.807) is 12.1 Å². The molecule has 0 aliphatic rings. The number of hydrogen-bond donors (Lipinski definition) is 1. The lowest BCUT2D eigenvalue weighted by Crippen LogP contribution is -2.20. The van der Waals surface area contributed by atoms with Crippen molar-refractivity contribution in [2.24, 2.45) is 5.73 Å². The van der Waals surface area contributed by atoms with Gasteiger partial charge in [-0.2, -0.15) is 13.2 Å². The first-order chi connectivity index (χ1) is 10.3. The van der Waals surface area contributed by atoms with Crippen LogP contribution in [0.25, 0.3) is 0 Å². The van der Waals surface area contributed by atoms with Gasteiger partial charge < -0.3 is 10.5 Å². The van der Waals surface area contributed by atoms with Crippen LogP contribution in [-0.2, 0) is 6.18 Å². The van der Waals surface area contributed by atoms with Crippen LogP contribution in [0.1, 0.15) is 17.2 Å². The molecule has 2 aromatic rings. The molecule has 1 aromatic carbocycles. The average molecular weight is 452 g/mol. The van der Waals surface area contributed by atoms with Crippen molar-refractivity contribution in [3.05, 3.63) is 58.1 Å². The summed E-state index contributed by atoms with van der Waals surface area (Å²) in [7, 11) is 0. The van der Waals surface area contributed by atoms with E-state index in [-0.39, 0.29) is 37.0 Å². The van der Waals surface area contributed by atoms with Crippen molar-refractivity contribution in [1.82, 2.24) is 4.98 Å². The molecular weight excluding hydrogens is 439 g/mol. The Hall–Kier alpha value is -1.09. The second kappa shape index (κ2) is 9.41. The van der Waals surface area contributed by atoms with E-state index in [0.717, 1.165) is 6.07 Å². The molecule has 0 amide bonds. The first-order valence-electron chi connectivity index (χ1n) is 6.14. The van der Waals surface area contributed by atoms with E-state index in [0.29, 0.717) is 16.4 Å². The molecule has 0 aliphatic heterocycles. The van der Waals surface area contributed by atoms with Gasteiger partial charge in [-0.15, -0.1) is 24.8 Å². The van der Waals surface area contributed by atoms with Crippen LogP contribution in [0, 0.1) is 5.82 Å². The third-order valence-corrected chi connectivity index (χ3v) is 3.32. The minimum Gasteiger partial charge on any atom is -0.490 e. The zero-order valence-electron chi connectivity index (χ0n) is 11.9. The van der Waals surface area contributed by atoms with Gasteiger partial charge in [-0.3, -0.25) is 0 Å². The van der Waals surface area contributed by atoms with Crippen LogP contribution in [0.5, 0.6) is 5.75 Å². The number of alkyl halides is 3. The zero-order valence-corrected chi connectivity index (χ0v) is 15.1. The fraction of sp³-hybridized carbons (Fsp3) is 0.214. The highest BCUT2D eigenvalue weighted by molar-refractivity contribution is 9.10.